The van der Waals surface area contributed by atoms with Crippen LogP contribution in [0.5, 0.6) is 17.2 Å². The average Bonchev–Trinajstić information content (AvgIpc) is 2.37. The molecule has 3 nitrogen and oxygen atoms in total. The molecular weight excluding hydrogens is 269 g/mol. The first-order valence-corrected chi connectivity index (χ1v) is 6.13. The van der Waals surface area contributed by atoms with Crippen molar-refractivity contribution in [2.45, 2.75) is 6.92 Å². The van der Waals surface area contributed by atoms with Crippen molar-refractivity contribution in [3.8, 4) is 17.2 Å². The summed E-state index contributed by atoms with van der Waals surface area (Å²) in [6.07, 6.45) is 0. The third kappa shape index (κ3) is 3.29. The Bertz CT molecular complexity index is 590. The fourth-order valence-electron chi connectivity index (χ4n) is 1.55. The molecule has 2 aromatic carbocycles. The molecule has 0 heterocycles. The van der Waals surface area contributed by atoms with Crippen LogP contribution in [0.15, 0.2) is 36.4 Å². The van der Waals surface area contributed by atoms with Gasteiger partial charge in [0.05, 0.1) is 17.3 Å². The largest absolute Gasteiger partial charge is 0.494 e. The van der Waals surface area contributed by atoms with Crippen LogP contribution in [0, 0.1) is 5.82 Å². The standard InChI is InChI=1S/C14H13ClFNO2/c1-2-18-9-4-3-5-10(6-9)19-14-7-11(15)12(16)8-13(14)17/h3-8H,2,17H2,1H3. The number of rotatable bonds is 4. The molecule has 5 heteroatoms. The lowest BCUT2D eigenvalue weighted by molar-refractivity contribution is 0.338. The van der Waals surface area contributed by atoms with E-state index in [1.807, 2.05) is 13.0 Å². The maximum atomic E-state index is 13.2. The van der Waals surface area contributed by atoms with Gasteiger partial charge in [-0.3, -0.25) is 0 Å². The van der Waals surface area contributed by atoms with E-state index >= 15 is 0 Å². The number of nitrogens with two attached hydrogens (primary N) is 1. The molecule has 19 heavy (non-hydrogen) atoms. The van der Waals surface area contributed by atoms with Gasteiger partial charge in [0.15, 0.2) is 5.75 Å². The molecule has 2 N–H and O–H groups in total. The topological polar surface area (TPSA) is 44.5 Å². The van der Waals surface area contributed by atoms with Crippen LogP contribution in [0.3, 0.4) is 0 Å². The van der Waals surface area contributed by atoms with E-state index < -0.39 is 5.82 Å². The Kier molecular flexibility index (Phi) is 4.12. The quantitative estimate of drug-likeness (QED) is 0.852. The number of nitrogen functional groups attached to an aromatic ring is 1. The molecule has 2 aromatic rings. The van der Waals surface area contributed by atoms with Crippen LogP contribution in [-0.4, -0.2) is 6.61 Å². The zero-order valence-corrected chi connectivity index (χ0v) is 11.1. The minimum Gasteiger partial charge on any atom is -0.494 e. The number of anilines is 1. The summed E-state index contributed by atoms with van der Waals surface area (Å²) < 4.78 is 24.1. The molecule has 0 radical (unpaired) electrons. The predicted molar refractivity (Wildman–Crippen MR) is 73.5 cm³/mol. The number of hydrogen-bond acceptors (Lipinski definition) is 3. The van der Waals surface area contributed by atoms with E-state index in [1.54, 1.807) is 18.2 Å². The van der Waals surface area contributed by atoms with Gasteiger partial charge in [0, 0.05) is 18.2 Å². The summed E-state index contributed by atoms with van der Waals surface area (Å²) in [4.78, 5) is 0. The van der Waals surface area contributed by atoms with E-state index in [9.17, 15) is 4.39 Å². The van der Waals surface area contributed by atoms with Crippen LogP contribution in [0.1, 0.15) is 6.92 Å². The van der Waals surface area contributed by atoms with E-state index in [2.05, 4.69) is 0 Å². The van der Waals surface area contributed by atoms with Gasteiger partial charge in [-0.25, -0.2) is 4.39 Å². The van der Waals surface area contributed by atoms with Crippen LogP contribution in [-0.2, 0) is 0 Å². The third-order valence-electron chi connectivity index (χ3n) is 2.40. The van der Waals surface area contributed by atoms with E-state index in [0.717, 1.165) is 6.07 Å². The molecular formula is C14H13ClFNO2. The van der Waals surface area contributed by atoms with Crippen LogP contribution in [0.25, 0.3) is 0 Å². The second kappa shape index (κ2) is 5.80. The molecule has 0 atom stereocenters. The van der Waals surface area contributed by atoms with Crippen molar-refractivity contribution < 1.29 is 13.9 Å². The van der Waals surface area contributed by atoms with Crippen molar-refractivity contribution in [1.82, 2.24) is 0 Å². The van der Waals surface area contributed by atoms with Gasteiger partial charge in [-0.1, -0.05) is 17.7 Å². The fraction of sp³-hybridized carbons (Fsp3) is 0.143. The summed E-state index contributed by atoms with van der Waals surface area (Å²) >= 11 is 5.70. The summed E-state index contributed by atoms with van der Waals surface area (Å²) in [6.45, 7) is 2.46. The molecule has 0 aliphatic heterocycles. The minimum atomic E-state index is -0.574. The van der Waals surface area contributed by atoms with Crippen molar-refractivity contribution in [3.63, 3.8) is 0 Å². The van der Waals surface area contributed by atoms with Crippen LogP contribution >= 0.6 is 11.6 Å². The van der Waals surface area contributed by atoms with Gasteiger partial charge in [0.25, 0.3) is 0 Å². The van der Waals surface area contributed by atoms with Gasteiger partial charge in [-0.15, -0.1) is 0 Å². The SMILES string of the molecule is CCOc1cccc(Oc2cc(Cl)c(F)cc2N)c1. The number of ether oxygens (including phenoxy) is 2. The van der Waals surface area contributed by atoms with Crippen molar-refractivity contribution in [1.29, 1.82) is 0 Å². The van der Waals surface area contributed by atoms with Gasteiger partial charge in [-0.2, -0.15) is 0 Å². The highest BCUT2D eigenvalue weighted by Crippen LogP contribution is 2.33. The normalized spacial score (nSPS) is 10.3. The summed E-state index contributed by atoms with van der Waals surface area (Å²) in [6, 6.07) is 9.56. The number of hydrogen-bond donors (Lipinski definition) is 1. The molecule has 0 saturated heterocycles. The van der Waals surface area contributed by atoms with Crippen molar-refractivity contribution >= 4 is 17.3 Å². The molecule has 0 unspecified atom stereocenters. The Morgan fingerprint density at radius 3 is 2.68 bits per heavy atom. The van der Waals surface area contributed by atoms with E-state index in [1.165, 1.54) is 6.07 Å². The van der Waals surface area contributed by atoms with E-state index in [4.69, 9.17) is 26.8 Å². The van der Waals surface area contributed by atoms with E-state index in [-0.39, 0.29) is 10.7 Å². The average molecular weight is 282 g/mol. The van der Waals surface area contributed by atoms with Crippen molar-refractivity contribution in [3.05, 3.63) is 47.2 Å². The zero-order chi connectivity index (χ0) is 13.8. The molecule has 0 aromatic heterocycles. The second-order valence-electron chi connectivity index (χ2n) is 3.81. The third-order valence-corrected chi connectivity index (χ3v) is 2.69. The smallest absolute Gasteiger partial charge is 0.152 e. The summed E-state index contributed by atoms with van der Waals surface area (Å²) in [5.41, 5.74) is 5.86. The van der Waals surface area contributed by atoms with Crippen molar-refractivity contribution in [2.75, 3.05) is 12.3 Å². The highest BCUT2D eigenvalue weighted by Gasteiger charge is 2.08. The second-order valence-corrected chi connectivity index (χ2v) is 4.22. The van der Waals surface area contributed by atoms with E-state index in [0.29, 0.717) is 23.9 Å². The first-order chi connectivity index (χ1) is 9.10. The maximum absolute atomic E-state index is 13.2. The Balaban J connectivity index is 2.25. The predicted octanol–water partition coefficient (Wildman–Crippen LogP) is 4.25. The molecule has 2 rings (SSSR count). The summed E-state index contributed by atoms with van der Waals surface area (Å²) in [5.74, 6) is 0.960. The molecule has 0 fully saturated rings. The molecule has 0 saturated carbocycles. The lowest BCUT2D eigenvalue weighted by Crippen LogP contribution is -1.95. The molecule has 0 amide bonds. The first-order valence-electron chi connectivity index (χ1n) is 5.75. The molecule has 0 bridgehead atoms. The summed E-state index contributed by atoms with van der Waals surface area (Å²) in [7, 11) is 0. The number of benzene rings is 2. The van der Waals surface area contributed by atoms with Crippen molar-refractivity contribution in [2.24, 2.45) is 0 Å². The highest BCUT2D eigenvalue weighted by atomic mass is 35.5. The van der Waals surface area contributed by atoms with Gasteiger partial charge in [0.2, 0.25) is 0 Å². The monoisotopic (exact) mass is 281 g/mol. The maximum Gasteiger partial charge on any atom is 0.152 e. The van der Waals surface area contributed by atoms with Gasteiger partial charge < -0.3 is 15.2 Å². The first kappa shape index (κ1) is 13.5. The Morgan fingerprint density at radius 2 is 1.95 bits per heavy atom. The molecule has 100 valence electrons. The Morgan fingerprint density at radius 1 is 1.21 bits per heavy atom. The molecule has 0 spiro atoms. The van der Waals surface area contributed by atoms with Gasteiger partial charge >= 0.3 is 0 Å². The van der Waals surface area contributed by atoms with Gasteiger partial charge in [0.1, 0.15) is 17.3 Å². The molecule has 0 aliphatic carbocycles. The Hall–Kier alpha value is -1.94. The van der Waals surface area contributed by atoms with Crippen LogP contribution in [0.4, 0.5) is 10.1 Å². The van der Waals surface area contributed by atoms with Crippen LogP contribution in [0.2, 0.25) is 5.02 Å². The fourth-order valence-corrected chi connectivity index (χ4v) is 1.71. The lowest BCUT2D eigenvalue weighted by Gasteiger charge is -2.10. The highest BCUT2D eigenvalue weighted by molar-refractivity contribution is 6.31. The lowest BCUT2D eigenvalue weighted by atomic mass is 10.3. The van der Waals surface area contributed by atoms with Crippen LogP contribution < -0.4 is 15.2 Å². The number of halogens is 2. The minimum absolute atomic E-state index is 0.0369. The zero-order valence-electron chi connectivity index (χ0n) is 10.3. The summed E-state index contributed by atoms with van der Waals surface area (Å²) in [5, 5.41) is -0.0369. The Labute approximate surface area is 115 Å². The van der Waals surface area contributed by atoms with Gasteiger partial charge in [-0.05, 0) is 19.1 Å². The molecule has 0 aliphatic rings.